The van der Waals surface area contributed by atoms with E-state index in [0.717, 1.165) is 35.1 Å². The molecule has 0 fully saturated rings. The minimum absolute atomic E-state index is 0.119. The van der Waals surface area contributed by atoms with Crippen molar-refractivity contribution in [2.75, 3.05) is 13.1 Å². The largest absolute Gasteiger partial charge is 0.339 e. The molecule has 3 heteroatoms. The van der Waals surface area contributed by atoms with Gasteiger partial charge in [0.15, 0.2) is 0 Å². The number of hydrogen-bond acceptors (Lipinski definition) is 1. The van der Waals surface area contributed by atoms with Crippen molar-refractivity contribution in [1.82, 2.24) is 4.90 Å². The summed E-state index contributed by atoms with van der Waals surface area (Å²) in [7, 11) is 0. The Labute approximate surface area is 119 Å². The third-order valence-corrected chi connectivity index (χ3v) is 3.94. The van der Waals surface area contributed by atoms with Gasteiger partial charge in [0.25, 0.3) is 5.91 Å². The van der Waals surface area contributed by atoms with Crippen LogP contribution in [0, 0.1) is 12.8 Å². The van der Waals surface area contributed by atoms with E-state index in [1.54, 1.807) is 0 Å². The molecule has 0 bridgehead atoms. The lowest BCUT2D eigenvalue weighted by Gasteiger charge is -2.24. The summed E-state index contributed by atoms with van der Waals surface area (Å²) in [4.78, 5) is 14.4. The Hall–Kier alpha value is -0.830. The Morgan fingerprint density at radius 1 is 1.39 bits per heavy atom. The van der Waals surface area contributed by atoms with Crippen molar-refractivity contribution < 1.29 is 4.79 Å². The molecule has 0 N–H and O–H groups in total. The second kappa shape index (κ2) is 6.93. The molecule has 0 heterocycles. The first-order valence-electron chi connectivity index (χ1n) is 6.55. The summed E-state index contributed by atoms with van der Waals surface area (Å²) < 4.78 is 0.876. The van der Waals surface area contributed by atoms with E-state index in [1.165, 1.54) is 0 Å². The van der Waals surface area contributed by atoms with Gasteiger partial charge in [0, 0.05) is 17.6 Å². The normalized spacial score (nSPS) is 12.3. The number of hydrogen-bond donors (Lipinski definition) is 0. The molecule has 0 aliphatic rings. The molecule has 0 radical (unpaired) electrons. The lowest BCUT2D eigenvalue weighted by atomic mass is 10.1. The van der Waals surface area contributed by atoms with Crippen molar-refractivity contribution >= 4 is 21.8 Å². The summed E-state index contributed by atoms with van der Waals surface area (Å²) in [5.74, 6) is 0.658. The van der Waals surface area contributed by atoms with E-state index in [2.05, 4.69) is 29.8 Å². The second-order valence-corrected chi connectivity index (χ2v) is 5.69. The fourth-order valence-corrected chi connectivity index (χ4v) is 2.25. The van der Waals surface area contributed by atoms with Gasteiger partial charge in [-0.25, -0.2) is 0 Å². The van der Waals surface area contributed by atoms with Crippen LogP contribution in [0.1, 0.15) is 43.1 Å². The van der Waals surface area contributed by atoms with Gasteiger partial charge in [-0.05, 0) is 47.8 Å². The highest BCUT2D eigenvalue weighted by molar-refractivity contribution is 9.10. The summed E-state index contributed by atoms with van der Waals surface area (Å²) in [6, 6.07) is 5.90. The Kier molecular flexibility index (Phi) is 5.86. The first-order valence-corrected chi connectivity index (χ1v) is 7.34. The zero-order valence-electron chi connectivity index (χ0n) is 11.7. The highest BCUT2D eigenvalue weighted by Crippen LogP contribution is 2.20. The molecule has 0 saturated carbocycles. The van der Waals surface area contributed by atoms with Crippen LogP contribution in [0.2, 0.25) is 0 Å². The monoisotopic (exact) mass is 311 g/mol. The first-order chi connectivity index (χ1) is 8.49. The summed E-state index contributed by atoms with van der Waals surface area (Å²) in [6.45, 7) is 9.96. The maximum absolute atomic E-state index is 12.5. The van der Waals surface area contributed by atoms with Crippen LogP contribution in [0.4, 0.5) is 0 Å². The van der Waals surface area contributed by atoms with Crippen LogP contribution in [0.5, 0.6) is 0 Å². The van der Waals surface area contributed by atoms with E-state index in [0.29, 0.717) is 5.92 Å². The lowest BCUT2D eigenvalue weighted by Crippen LogP contribution is -2.34. The van der Waals surface area contributed by atoms with Crippen molar-refractivity contribution in [2.24, 2.45) is 5.92 Å². The predicted octanol–water partition coefficient (Wildman–Crippen LogP) is 4.27. The van der Waals surface area contributed by atoms with Gasteiger partial charge < -0.3 is 4.90 Å². The fraction of sp³-hybridized carbons (Fsp3) is 0.533. The van der Waals surface area contributed by atoms with Gasteiger partial charge in [-0.15, -0.1) is 0 Å². The van der Waals surface area contributed by atoms with Crippen molar-refractivity contribution in [3.63, 3.8) is 0 Å². The van der Waals surface area contributed by atoms with E-state index in [4.69, 9.17) is 0 Å². The molecule has 1 unspecified atom stereocenters. The molecule has 1 amide bonds. The molecule has 1 aromatic carbocycles. The van der Waals surface area contributed by atoms with Crippen LogP contribution >= 0.6 is 15.9 Å². The number of nitrogens with zero attached hydrogens (tertiary/aromatic N) is 1. The molecule has 18 heavy (non-hydrogen) atoms. The van der Waals surface area contributed by atoms with Crippen LogP contribution in [0.15, 0.2) is 22.7 Å². The van der Waals surface area contributed by atoms with Gasteiger partial charge in [0.2, 0.25) is 0 Å². The molecule has 1 aromatic rings. The Morgan fingerprint density at radius 3 is 2.61 bits per heavy atom. The highest BCUT2D eigenvalue weighted by atomic mass is 79.9. The second-order valence-electron chi connectivity index (χ2n) is 4.84. The highest BCUT2D eigenvalue weighted by Gasteiger charge is 2.18. The molecule has 0 aromatic heterocycles. The average molecular weight is 312 g/mol. The summed E-state index contributed by atoms with van der Waals surface area (Å²) >= 11 is 3.46. The van der Waals surface area contributed by atoms with Crippen molar-refractivity contribution in [3.05, 3.63) is 33.8 Å². The number of amides is 1. The Balaban J connectivity index is 2.92. The zero-order chi connectivity index (χ0) is 13.7. The summed E-state index contributed by atoms with van der Waals surface area (Å²) in [5.41, 5.74) is 1.88. The van der Waals surface area contributed by atoms with Crippen LogP contribution in [-0.4, -0.2) is 23.9 Å². The predicted molar refractivity (Wildman–Crippen MR) is 79.9 cm³/mol. The molecule has 0 saturated heterocycles. The summed E-state index contributed by atoms with van der Waals surface area (Å²) in [5, 5.41) is 0. The molecular formula is C15H22BrNO. The smallest absolute Gasteiger partial charge is 0.255 e. The van der Waals surface area contributed by atoms with Gasteiger partial charge in [0.05, 0.1) is 5.56 Å². The van der Waals surface area contributed by atoms with Crippen molar-refractivity contribution in [3.8, 4) is 0 Å². The molecule has 2 nitrogen and oxygen atoms in total. The van der Waals surface area contributed by atoms with E-state index >= 15 is 0 Å². The number of rotatable bonds is 5. The Morgan fingerprint density at radius 2 is 2.06 bits per heavy atom. The number of carbonyl (C=O) groups is 1. The average Bonchev–Trinajstić information content (AvgIpc) is 2.37. The van der Waals surface area contributed by atoms with E-state index in [9.17, 15) is 4.79 Å². The minimum Gasteiger partial charge on any atom is -0.339 e. The number of aryl methyl sites for hydroxylation is 1. The molecular weight excluding hydrogens is 290 g/mol. The molecule has 0 aliphatic carbocycles. The zero-order valence-corrected chi connectivity index (χ0v) is 13.3. The van der Waals surface area contributed by atoms with Gasteiger partial charge in [-0.1, -0.05) is 31.9 Å². The van der Waals surface area contributed by atoms with E-state index < -0.39 is 0 Å². The van der Waals surface area contributed by atoms with Gasteiger partial charge in [0.1, 0.15) is 0 Å². The van der Waals surface area contributed by atoms with Gasteiger partial charge in [-0.2, -0.15) is 0 Å². The molecule has 0 spiro atoms. The van der Waals surface area contributed by atoms with Crippen molar-refractivity contribution in [1.29, 1.82) is 0 Å². The first kappa shape index (κ1) is 15.2. The van der Waals surface area contributed by atoms with Crippen LogP contribution in [-0.2, 0) is 0 Å². The third kappa shape index (κ3) is 3.84. The number of carbonyl (C=O) groups excluding carboxylic acids is 1. The topological polar surface area (TPSA) is 20.3 Å². The van der Waals surface area contributed by atoms with Gasteiger partial charge in [-0.3, -0.25) is 4.79 Å². The van der Waals surface area contributed by atoms with Crippen molar-refractivity contribution in [2.45, 2.75) is 34.1 Å². The van der Waals surface area contributed by atoms with Crippen LogP contribution in [0.25, 0.3) is 0 Å². The molecule has 0 aliphatic heterocycles. The number of benzene rings is 1. The lowest BCUT2D eigenvalue weighted by molar-refractivity contribution is 0.0740. The summed E-state index contributed by atoms with van der Waals surface area (Å²) in [6.07, 6.45) is 1.10. The number of halogens is 1. The maximum Gasteiger partial charge on any atom is 0.255 e. The fourth-order valence-electron chi connectivity index (χ4n) is 1.83. The van der Waals surface area contributed by atoms with Crippen LogP contribution < -0.4 is 0 Å². The SMILES string of the molecule is CCC(C)CN(CC)C(=O)c1cc(C)ccc1Br. The third-order valence-electron chi connectivity index (χ3n) is 3.25. The minimum atomic E-state index is 0.119. The quantitative estimate of drug-likeness (QED) is 0.795. The standard InChI is InChI=1S/C15H22BrNO/c1-5-11(3)10-17(6-2)15(18)13-9-12(4)7-8-14(13)16/h7-9,11H,5-6,10H2,1-4H3. The van der Waals surface area contributed by atoms with Crippen LogP contribution in [0.3, 0.4) is 0 Å². The molecule has 1 atom stereocenters. The van der Waals surface area contributed by atoms with E-state index in [-0.39, 0.29) is 5.91 Å². The Bertz CT molecular complexity index is 417. The molecule has 1 rings (SSSR count). The van der Waals surface area contributed by atoms with E-state index in [1.807, 2.05) is 36.9 Å². The maximum atomic E-state index is 12.5. The molecule has 100 valence electrons. The van der Waals surface area contributed by atoms with Gasteiger partial charge >= 0.3 is 0 Å².